The number of fused-ring (bicyclic) bond motifs is 1. The minimum atomic E-state index is -1.24. The Balaban J connectivity index is 1.76. The smallest absolute Gasteiger partial charge is 0.240 e. The van der Waals surface area contributed by atoms with Crippen molar-refractivity contribution < 1.29 is 8.95 Å². The summed E-state index contributed by atoms with van der Waals surface area (Å²) in [7, 11) is -1.24. The molecule has 31 heavy (non-hydrogen) atoms. The van der Waals surface area contributed by atoms with Crippen LogP contribution < -0.4 is 10.1 Å². The maximum Gasteiger partial charge on any atom is 0.240 e. The highest BCUT2D eigenvalue weighted by Gasteiger charge is 2.26. The van der Waals surface area contributed by atoms with E-state index in [1.807, 2.05) is 13.8 Å². The maximum absolute atomic E-state index is 12.8. The van der Waals surface area contributed by atoms with Gasteiger partial charge in [-0.2, -0.15) is 15.5 Å². The van der Waals surface area contributed by atoms with E-state index in [1.54, 1.807) is 36.4 Å². The molecule has 1 unspecified atom stereocenters. The summed E-state index contributed by atoms with van der Waals surface area (Å²) >= 11 is 0. The van der Waals surface area contributed by atoms with Gasteiger partial charge in [0, 0.05) is 11.4 Å². The van der Waals surface area contributed by atoms with E-state index in [0.717, 1.165) is 23.2 Å². The van der Waals surface area contributed by atoms with Crippen LogP contribution in [0.3, 0.4) is 0 Å². The van der Waals surface area contributed by atoms with E-state index in [1.165, 1.54) is 0 Å². The molecule has 0 saturated heterocycles. The largest absolute Gasteiger partial charge is 0.437 e. The van der Waals surface area contributed by atoms with Crippen LogP contribution >= 0.6 is 0 Å². The molecular weight excluding hydrogens is 410 g/mol. The highest BCUT2D eigenvalue weighted by atomic mass is 32.2. The Bertz CT molecular complexity index is 1250. The van der Waals surface area contributed by atoms with E-state index in [9.17, 15) is 9.47 Å². The van der Waals surface area contributed by atoms with Crippen LogP contribution in [0.15, 0.2) is 41.3 Å². The summed E-state index contributed by atoms with van der Waals surface area (Å²) in [5.41, 5.74) is 4.14. The number of nitrogens with one attached hydrogen (secondary N) is 1. The van der Waals surface area contributed by atoms with Crippen LogP contribution in [0.2, 0.25) is 0 Å². The number of nitriles is 2. The molecule has 1 N–H and O–H groups in total. The Morgan fingerprint density at radius 3 is 2.35 bits per heavy atom. The summed E-state index contributed by atoms with van der Waals surface area (Å²) in [5.74, 6) is 1.73. The molecule has 2 heterocycles. The molecule has 0 radical (unpaired) electrons. The SMILES string of the molecule is Cc1cc(C#N)cc(C)c1Oc1nc(Nc2ccc(C#N)cc2)nc2c1S(=O)CCC2. The molecule has 1 aliphatic heterocycles. The van der Waals surface area contributed by atoms with Crippen LogP contribution in [0.4, 0.5) is 11.6 Å². The molecule has 4 rings (SSSR count). The predicted molar refractivity (Wildman–Crippen MR) is 117 cm³/mol. The van der Waals surface area contributed by atoms with Gasteiger partial charge in [0.15, 0.2) is 0 Å². The lowest BCUT2D eigenvalue weighted by atomic mass is 10.1. The molecule has 7 nitrogen and oxygen atoms in total. The fraction of sp³-hybridized carbons (Fsp3) is 0.217. The number of aryl methyl sites for hydroxylation is 3. The van der Waals surface area contributed by atoms with Gasteiger partial charge in [-0.15, -0.1) is 0 Å². The monoisotopic (exact) mass is 429 g/mol. The van der Waals surface area contributed by atoms with Crippen molar-refractivity contribution in [2.45, 2.75) is 31.6 Å². The first-order chi connectivity index (χ1) is 15.0. The Morgan fingerprint density at radius 1 is 1.03 bits per heavy atom. The third kappa shape index (κ3) is 4.25. The van der Waals surface area contributed by atoms with Crippen LogP contribution in [0.25, 0.3) is 0 Å². The average molecular weight is 430 g/mol. The van der Waals surface area contributed by atoms with Gasteiger partial charge in [-0.25, -0.2) is 4.98 Å². The lowest BCUT2D eigenvalue weighted by Crippen LogP contribution is -2.16. The van der Waals surface area contributed by atoms with E-state index in [-0.39, 0.29) is 5.88 Å². The second kappa shape index (κ2) is 8.55. The van der Waals surface area contributed by atoms with E-state index in [0.29, 0.717) is 45.6 Å². The number of hydrogen-bond acceptors (Lipinski definition) is 7. The maximum atomic E-state index is 12.8. The van der Waals surface area contributed by atoms with Crippen molar-refractivity contribution >= 4 is 22.4 Å². The van der Waals surface area contributed by atoms with Gasteiger partial charge >= 0.3 is 0 Å². The molecule has 0 saturated carbocycles. The topological polar surface area (TPSA) is 112 Å². The van der Waals surface area contributed by atoms with Gasteiger partial charge in [0.2, 0.25) is 11.8 Å². The molecule has 0 fully saturated rings. The average Bonchev–Trinajstić information content (AvgIpc) is 2.76. The van der Waals surface area contributed by atoms with E-state index in [4.69, 9.17) is 10.00 Å². The fourth-order valence-electron chi connectivity index (χ4n) is 3.50. The number of rotatable bonds is 4. The standard InChI is InChI=1S/C23H19N5O2S/c1-14-10-17(13-25)11-15(2)20(14)30-22-21-19(4-3-9-31(21)29)27-23(28-22)26-18-7-5-16(12-24)6-8-18/h5-8,10-11H,3-4,9H2,1-2H3,(H,26,27,28). The number of ether oxygens (including phenoxy) is 1. The van der Waals surface area contributed by atoms with Crippen molar-refractivity contribution in [1.29, 1.82) is 10.5 Å². The summed E-state index contributed by atoms with van der Waals surface area (Å²) < 4.78 is 19.0. The van der Waals surface area contributed by atoms with Crippen LogP contribution in [0.1, 0.15) is 34.4 Å². The van der Waals surface area contributed by atoms with Gasteiger partial charge in [0.1, 0.15) is 10.6 Å². The lowest BCUT2D eigenvalue weighted by Gasteiger charge is -2.20. The minimum absolute atomic E-state index is 0.259. The first-order valence-electron chi connectivity index (χ1n) is 9.74. The van der Waals surface area contributed by atoms with Crippen LogP contribution in [-0.4, -0.2) is 19.9 Å². The fourth-order valence-corrected chi connectivity index (χ4v) is 4.80. The molecule has 8 heteroatoms. The Labute approximate surface area is 182 Å². The number of aromatic nitrogens is 2. The first-order valence-corrected chi connectivity index (χ1v) is 11.1. The van der Waals surface area contributed by atoms with Gasteiger partial charge in [0.25, 0.3) is 0 Å². The van der Waals surface area contributed by atoms with Crippen molar-refractivity contribution in [3.05, 3.63) is 64.3 Å². The van der Waals surface area contributed by atoms with Crippen LogP contribution in [0, 0.1) is 36.5 Å². The van der Waals surface area contributed by atoms with Gasteiger partial charge in [-0.3, -0.25) is 4.21 Å². The molecule has 0 bridgehead atoms. The van der Waals surface area contributed by atoms with E-state index in [2.05, 4.69) is 27.4 Å². The number of benzene rings is 2. The molecule has 0 spiro atoms. The summed E-state index contributed by atoms with van der Waals surface area (Å²) in [6.07, 6.45) is 1.47. The Morgan fingerprint density at radius 2 is 1.71 bits per heavy atom. The molecule has 154 valence electrons. The van der Waals surface area contributed by atoms with Gasteiger partial charge in [-0.1, -0.05) is 0 Å². The van der Waals surface area contributed by atoms with Crippen LogP contribution in [-0.2, 0) is 17.2 Å². The van der Waals surface area contributed by atoms with Crippen molar-refractivity contribution in [3.8, 4) is 23.8 Å². The number of hydrogen-bond donors (Lipinski definition) is 1. The zero-order valence-corrected chi connectivity index (χ0v) is 17.9. The van der Waals surface area contributed by atoms with Gasteiger partial charge in [-0.05, 0) is 74.2 Å². The third-order valence-corrected chi connectivity index (χ3v) is 6.46. The van der Waals surface area contributed by atoms with Gasteiger partial charge < -0.3 is 10.1 Å². The van der Waals surface area contributed by atoms with E-state index >= 15 is 0 Å². The lowest BCUT2D eigenvalue weighted by molar-refractivity contribution is 0.438. The zero-order valence-electron chi connectivity index (χ0n) is 17.1. The van der Waals surface area contributed by atoms with Crippen molar-refractivity contribution in [2.24, 2.45) is 0 Å². The first kappa shape index (κ1) is 20.5. The molecule has 0 amide bonds. The van der Waals surface area contributed by atoms with Crippen LogP contribution in [0.5, 0.6) is 11.6 Å². The van der Waals surface area contributed by atoms with Crippen molar-refractivity contribution in [2.75, 3.05) is 11.1 Å². The Hall–Kier alpha value is -3.75. The highest BCUT2D eigenvalue weighted by molar-refractivity contribution is 7.85. The van der Waals surface area contributed by atoms with Crippen molar-refractivity contribution in [3.63, 3.8) is 0 Å². The predicted octanol–water partition coefficient (Wildman–Crippen LogP) is 4.43. The summed E-state index contributed by atoms with van der Waals surface area (Å²) in [5, 5.41) is 21.3. The quantitative estimate of drug-likeness (QED) is 0.653. The molecule has 2 aromatic carbocycles. The normalized spacial score (nSPS) is 14.8. The van der Waals surface area contributed by atoms with E-state index < -0.39 is 10.8 Å². The van der Waals surface area contributed by atoms with Gasteiger partial charge in [0.05, 0.1) is 39.8 Å². The molecule has 1 aromatic heterocycles. The second-order valence-corrected chi connectivity index (χ2v) is 8.76. The second-order valence-electron chi connectivity index (χ2n) is 7.25. The minimum Gasteiger partial charge on any atom is -0.437 e. The molecular formula is C23H19N5O2S. The summed E-state index contributed by atoms with van der Waals surface area (Å²) in [6.45, 7) is 3.73. The third-order valence-electron chi connectivity index (χ3n) is 4.93. The summed E-state index contributed by atoms with van der Waals surface area (Å²) in [4.78, 5) is 9.63. The number of anilines is 2. The Kier molecular flexibility index (Phi) is 5.66. The summed E-state index contributed by atoms with van der Waals surface area (Å²) in [6, 6.07) is 14.7. The molecule has 1 atom stereocenters. The zero-order chi connectivity index (χ0) is 22.0. The number of nitrogens with zero attached hydrogens (tertiary/aromatic N) is 4. The molecule has 3 aromatic rings. The highest BCUT2D eigenvalue weighted by Crippen LogP contribution is 2.36. The molecule has 1 aliphatic rings. The molecule has 0 aliphatic carbocycles. The van der Waals surface area contributed by atoms with Crippen molar-refractivity contribution in [1.82, 2.24) is 9.97 Å².